The summed E-state index contributed by atoms with van der Waals surface area (Å²) in [5, 5.41) is 12.4. The lowest BCUT2D eigenvalue weighted by molar-refractivity contribution is 0.0695. The van der Waals surface area contributed by atoms with Gasteiger partial charge in [0, 0.05) is 37.9 Å². The van der Waals surface area contributed by atoms with Crippen LogP contribution in [0.15, 0.2) is 17.1 Å². The second-order valence-electron chi connectivity index (χ2n) is 7.22. The van der Waals surface area contributed by atoms with E-state index in [1.54, 1.807) is 11.8 Å². The lowest BCUT2D eigenvalue weighted by atomic mass is 10.1. The molecule has 5 rings (SSSR count). The molecule has 1 aromatic heterocycles. The number of piperazine rings is 1. The first-order valence-electron chi connectivity index (χ1n) is 9.20. The smallest absolute Gasteiger partial charge is 0.341 e. The highest BCUT2D eigenvalue weighted by Crippen LogP contribution is 2.34. The molecule has 0 amide bonds. The summed E-state index contributed by atoms with van der Waals surface area (Å²) >= 11 is 0. The Balaban J connectivity index is 1.97. The lowest BCUT2D eigenvalue weighted by Crippen LogP contribution is -2.55. The van der Waals surface area contributed by atoms with Crippen molar-refractivity contribution in [1.29, 1.82) is 0 Å². The minimum Gasteiger partial charge on any atom is -0.477 e. The fourth-order valence-corrected chi connectivity index (χ4v) is 4.33. The van der Waals surface area contributed by atoms with Gasteiger partial charge in [-0.15, -0.1) is 0 Å². The average molecular weight is 377 g/mol. The number of carboxylic acids is 1. The second-order valence-corrected chi connectivity index (χ2v) is 7.22. The van der Waals surface area contributed by atoms with Crippen LogP contribution in [-0.2, 0) is 6.54 Å². The zero-order valence-corrected chi connectivity index (χ0v) is 15.0. The summed E-state index contributed by atoms with van der Waals surface area (Å²) in [6.07, 6.45) is 3.94. The summed E-state index contributed by atoms with van der Waals surface area (Å²) in [5.41, 5.74) is -1.53. The van der Waals surface area contributed by atoms with Gasteiger partial charge in [0.25, 0.3) is 0 Å². The zero-order valence-electron chi connectivity index (χ0n) is 15.0. The SMILES string of the molecule is CCn1cc(C(=O)O)c(=O)c2cc(F)c(N3CC4CCCC3CN4)c(F)c21. The van der Waals surface area contributed by atoms with Crippen molar-refractivity contribution in [3.05, 3.63) is 39.7 Å². The Morgan fingerprint density at radius 1 is 1.37 bits per heavy atom. The third-order valence-corrected chi connectivity index (χ3v) is 5.68. The van der Waals surface area contributed by atoms with Crippen molar-refractivity contribution in [2.45, 2.75) is 44.8 Å². The normalized spacial score (nSPS) is 22.3. The Morgan fingerprint density at radius 3 is 2.85 bits per heavy atom. The molecule has 2 aromatic rings. The molecule has 0 radical (unpaired) electrons. The molecule has 0 spiro atoms. The van der Waals surface area contributed by atoms with Crippen molar-refractivity contribution in [1.82, 2.24) is 9.88 Å². The number of halogens is 2. The van der Waals surface area contributed by atoms with Crippen molar-refractivity contribution in [2.24, 2.45) is 0 Å². The third-order valence-electron chi connectivity index (χ3n) is 5.68. The van der Waals surface area contributed by atoms with Crippen LogP contribution < -0.4 is 15.6 Å². The van der Waals surface area contributed by atoms with E-state index in [9.17, 15) is 19.1 Å². The molecule has 144 valence electrons. The zero-order chi connectivity index (χ0) is 19.3. The molecule has 0 aliphatic carbocycles. The van der Waals surface area contributed by atoms with Crippen LogP contribution in [0.4, 0.5) is 14.5 Å². The van der Waals surface area contributed by atoms with Crippen LogP contribution in [0.5, 0.6) is 0 Å². The van der Waals surface area contributed by atoms with E-state index in [0.29, 0.717) is 13.1 Å². The minimum absolute atomic E-state index is 0.00899. The van der Waals surface area contributed by atoms with E-state index in [1.807, 2.05) is 0 Å². The molecule has 2 unspecified atom stereocenters. The van der Waals surface area contributed by atoms with Gasteiger partial charge in [-0.25, -0.2) is 13.6 Å². The van der Waals surface area contributed by atoms with Crippen LogP contribution in [0.3, 0.4) is 0 Å². The van der Waals surface area contributed by atoms with Crippen LogP contribution in [0.25, 0.3) is 10.9 Å². The molecule has 2 atom stereocenters. The van der Waals surface area contributed by atoms with Gasteiger partial charge in [-0.3, -0.25) is 4.79 Å². The summed E-state index contributed by atoms with van der Waals surface area (Å²) in [6, 6.07) is 1.16. The van der Waals surface area contributed by atoms with Gasteiger partial charge in [-0.2, -0.15) is 0 Å². The van der Waals surface area contributed by atoms with Crippen molar-refractivity contribution in [3.63, 3.8) is 0 Å². The molecular weight excluding hydrogens is 356 g/mol. The summed E-state index contributed by atoms with van der Waals surface area (Å²) in [7, 11) is 0. The van der Waals surface area contributed by atoms with Crippen LogP contribution >= 0.6 is 0 Å². The minimum atomic E-state index is -1.41. The number of pyridine rings is 1. The summed E-state index contributed by atoms with van der Waals surface area (Å²) < 4.78 is 31.9. The topological polar surface area (TPSA) is 74.6 Å². The predicted octanol–water partition coefficient (Wildman–Crippen LogP) is 2.33. The van der Waals surface area contributed by atoms with Crippen LogP contribution in [0.2, 0.25) is 0 Å². The van der Waals surface area contributed by atoms with E-state index in [0.717, 1.165) is 31.5 Å². The van der Waals surface area contributed by atoms with E-state index in [1.165, 1.54) is 4.57 Å². The molecule has 27 heavy (non-hydrogen) atoms. The molecule has 2 N–H and O–H groups in total. The fourth-order valence-electron chi connectivity index (χ4n) is 4.33. The van der Waals surface area contributed by atoms with E-state index < -0.39 is 28.6 Å². The van der Waals surface area contributed by atoms with Crippen LogP contribution in [-0.4, -0.2) is 40.8 Å². The molecule has 0 saturated carbocycles. The number of carboxylic acid groups (broad SMARTS) is 1. The molecule has 3 saturated heterocycles. The van der Waals surface area contributed by atoms with Gasteiger partial charge < -0.3 is 19.9 Å². The van der Waals surface area contributed by atoms with Crippen molar-refractivity contribution >= 4 is 22.6 Å². The first-order chi connectivity index (χ1) is 12.9. The number of aromatic carboxylic acids is 1. The molecule has 2 bridgehead atoms. The number of anilines is 1. The Kier molecular flexibility index (Phi) is 4.38. The predicted molar refractivity (Wildman–Crippen MR) is 97.5 cm³/mol. The molecule has 6 nitrogen and oxygen atoms in total. The maximum absolute atomic E-state index is 15.5. The number of aryl methyl sites for hydroxylation is 1. The molecule has 1 aromatic carbocycles. The van der Waals surface area contributed by atoms with E-state index >= 15 is 4.39 Å². The van der Waals surface area contributed by atoms with Gasteiger partial charge in [0.15, 0.2) is 5.82 Å². The Hall–Kier alpha value is -2.48. The van der Waals surface area contributed by atoms with Crippen molar-refractivity contribution in [3.8, 4) is 0 Å². The van der Waals surface area contributed by atoms with Gasteiger partial charge in [-0.05, 0) is 32.3 Å². The maximum Gasteiger partial charge on any atom is 0.341 e. The number of nitrogens with zero attached hydrogens (tertiary/aromatic N) is 2. The molecule has 8 heteroatoms. The molecule has 3 aliphatic heterocycles. The van der Waals surface area contributed by atoms with Gasteiger partial charge in [0.05, 0.1) is 10.9 Å². The molecule has 3 fully saturated rings. The first-order valence-corrected chi connectivity index (χ1v) is 9.20. The summed E-state index contributed by atoms with van der Waals surface area (Å²) in [4.78, 5) is 25.6. The highest BCUT2D eigenvalue weighted by molar-refractivity contribution is 5.93. The molecule has 3 aliphatic rings. The number of hydrogen-bond donors (Lipinski definition) is 2. The molecule has 4 heterocycles. The van der Waals surface area contributed by atoms with E-state index in [4.69, 9.17) is 0 Å². The standard InChI is InChI=1S/C19H21F2N3O3/c1-2-23-9-13(19(26)27)18(25)12-6-14(20)17(15(21)16(12)23)24-8-10-4-3-5-11(24)7-22-10/h6,9-11,22H,2-5,7-8H2,1H3,(H,26,27). The van der Waals surface area contributed by atoms with E-state index in [2.05, 4.69) is 5.32 Å². The van der Waals surface area contributed by atoms with Gasteiger partial charge >= 0.3 is 5.97 Å². The summed E-state index contributed by atoms with van der Waals surface area (Å²) in [5.74, 6) is -3.03. The number of benzene rings is 1. The number of rotatable bonds is 3. The highest BCUT2D eigenvalue weighted by Gasteiger charge is 2.35. The monoisotopic (exact) mass is 377 g/mol. The number of hydrogen-bond acceptors (Lipinski definition) is 4. The van der Waals surface area contributed by atoms with Gasteiger partial charge in [-0.1, -0.05) is 0 Å². The Labute approximate surface area is 154 Å². The number of fused-ring (bicyclic) bond motifs is 5. The fraction of sp³-hybridized carbons (Fsp3) is 0.474. The van der Waals surface area contributed by atoms with Gasteiger partial charge in [0.1, 0.15) is 17.1 Å². The van der Waals surface area contributed by atoms with Crippen LogP contribution in [0.1, 0.15) is 36.5 Å². The number of aromatic nitrogens is 1. The Bertz CT molecular complexity index is 985. The highest BCUT2D eigenvalue weighted by atomic mass is 19.1. The first kappa shape index (κ1) is 17.9. The third kappa shape index (κ3) is 2.79. The Morgan fingerprint density at radius 2 is 2.15 bits per heavy atom. The quantitative estimate of drug-likeness (QED) is 0.859. The lowest BCUT2D eigenvalue weighted by Gasteiger charge is -2.39. The van der Waals surface area contributed by atoms with Crippen molar-refractivity contribution in [2.75, 3.05) is 18.0 Å². The van der Waals surface area contributed by atoms with E-state index in [-0.39, 0.29) is 35.2 Å². The van der Waals surface area contributed by atoms with Crippen LogP contribution in [0, 0.1) is 11.6 Å². The number of carbonyl (C=O) groups is 1. The maximum atomic E-state index is 15.5. The number of nitrogens with one attached hydrogen (secondary N) is 1. The molecular formula is C19H21F2N3O3. The largest absolute Gasteiger partial charge is 0.477 e. The average Bonchev–Trinajstić information content (AvgIpc) is 2.98. The van der Waals surface area contributed by atoms with Gasteiger partial charge in [0.2, 0.25) is 5.43 Å². The van der Waals surface area contributed by atoms with Crippen molar-refractivity contribution < 1.29 is 18.7 Å². The summed E-state index contributed by atoms with van der Waals surface area (Å²) in [6.45, 7) is 3.15. The second kappa shape index (κ2) is 6.60.